The van der Waals surface area contributed by atoms with Crippen LogP contribution in [0.15, 0.2) is 77.7 Å². The molecule has 9 heteroatoms. The number of benzene rings is 3. The molecule has 158 valence electrons. The number of sulfonamides is 1. The zero-order valence-electron chi connectivity index (χ0n) is 16.4. The number of anilines is 2. The Bertz CT molecular complexity index is 1220. The summed E-state index contributed by atoms with van der Waals surface area (Å²) in [6, 6.07) is 20.5. The molecule has 31 heavy (non-hydrogen) atoms. The number of nitrogens with zero attached hydrogens (tertiary/aromatic N) is 2. The second-order valence-corrected chi connectivity index (χ2v) is 8.67. The first-order valence-electron chi connectivity index (χ1n) is 9.06. The van der Waals surface area contributed by atoms with Gasteiger partial charge >= 0.3 is 0 Å². The van der Waals surface area contributed by atoms with Crippen molar-refractivity contribution in [2.24, 2.45) is 0 Å². The molecule has 0 radical (unpaired) electrons. The van der Waals surface area contributed by atoms with Gasteiger partial charge in [0.25, 0.3) is 10.0 Å². The van der Waals surface area contributed by atoms with E-state index in [1.807, 2.05) is 6.07 Å². The van der Waals surface area contributed by atoms with Gasteiger partial charge in [0.2, 0.25) is 5.91 Å². The second-order valence-electron chi connectivity index (χ2n) is 6.37. The largest absolute Gasteiger partial charge is 0.497 e. The van der Waals surface area contributed by atoms with Crippen LogP contribution in [0.3, 0.4) is 0 Å². The summed E-state index contributed by atoms with van der Waals surface area (Å²) in [5.74, 6) is -0.0862. The van der Waals surface area contributed by atoms with Crippen LogP contribution < -0.4 is 14.4 Å². The summed E-state index contributed by atoms with van der Waals surface area (Å²) >= 11 is 5.96. The number of amides is 1. The summed E-state index contributed by atoms with van der Waals surface area (Å²) in [6.45, 7) is -0.513. The Balaban J connectivity index is 1.96. The minimum Gasteiger partial charge on any atom is -0.497 e. The number of nitriles is 1. The molecule has 0 aromatic heterocycles. The number of rotatable bonds is 7. The maximum absolute atomic E-state index is 13.3. The van der Waals surface area contributed by atoms with Crippen molar-refractivity contribution in [1.29, 1.82) is 5.26 Å². The molecule has 0 spiro atoms. The number of nitrogens with one attached hydrogen (secondary N) is 1. The van der Waals surface area contributed by atoms with E-state index in [0.717, 1.165) is 4.31 Å². The lowest BCUT2D eigenvalue weighted by molar-refractivity contribution is -0.114. The molecular weight excluding hydrogens is 438 g/mol. The van der Waals surface area contributed by atoms with Crippen molar-refractivity contribution < 1.29 is 17.9 Å². The topological polar surface area (TPSA) is 99.5 Å². The second kappa shape index (κ2) is 9.51. The number of halogens is 1. The number of hydrogen-bond donors (Lipinski definition) is 1. The smallest absolute Gasteiger partial charge is 0.264 e. The molecular formula is C22H18ClN3O4S. The van der Waals surface area contributed by atoms with Gasteiger partial charge in [-0.3, -0.25) is 9.10 Å². The summed E-state index contributed by atoms with van der Waals surface area (Å²) in [5.41, 5.74) is 0.692. The van der Waals surface area contributed by atoms with Gasteiger partial charge in [0.05, 0.1) is 28.9 Å². The van der Waals surface area contributed by atoms with Crippen molar-refractivity contribution in [1.82, 2.24) is 0 Å². The van der Waals surface area contributed by atoms with Gasteiger partial charge in [0.1, 0.15) is 18.4 Å². The first-order valence-corrected chi connectivity index (χ1v) is 10.9. The highest BCUT2D eigenvalue weighted by Crippen LogP contribution is 2.26. The molecule has 0 bridgehead atoms. The highest BCUT2D eigenvalue weighted by molar-refractivity contribution is 7.92. The van der Waals surface area contributed by atoms with Gasteiger partial charge in [-0.15, -0.1) is 0 Å². The van der Waals surface area contributed by atoms with Gasteiger partial charge in [-0.1, -0.05) is 29.8 Å². The number of ether oxygens (including phenoxy) is 1. The molecule has 0 aliphatic carbocycles. The van der Waals surface area contributed by atoms with E-state index in [9.17, 15) is 18.5 Å². The van der Waals surface area contributed by atoms with E-state index in [2.05, 4.69) is 5.32 Å². The minimum absolute atomic E-state index is 0.0408. The maximum Gasteiger partial charge on any atom is 0.264 e. The summed E-state index contributed by atoms with van der Waals surface area (Å²) in [7, 11) is -2.55. The fraction of sp³-hybridized carbons (Fsp3) is 0.0909. The average molecular weight is 456 g/mol. The molecule has 3 aromatic carbocycles. The molecule has 0 aliphatic heterocycles. The predicted molar refractivity (Wildman–Crippen MR) is 119 cm³/mol. The van der Waals surface area contributed by atoms with Crippen LogP contribution in [0.2, 0.25) is 5.02 Å². The molecule has 0 aliphatic rings. The lowest BCUT2D eigenvalue weighted by Crippen LogP contribution is -2.38. The number of carbonyl (C=O) groups excluding carboxylic acids is 1. The molecule has 0 atom stereocenters. The Morgan fingerprint density at radius 1 is 1.10 bits per heavy atom. The van der Waals surface area contributed by atoms with Gasteiger partial charge in [0, 0.05) is 5.02 Å². The van der Waals surface area contributed by atoms with Gasteiger partial charge in [-0.05, 0) is 54.6 Å². The van der Waals surface area contributed by atoms with Crippen LogP contribution >= 0.6 is 11.6 Å². The van der Waals surface area contributed by atoms with Crippen LogP contribution in [0.4, 0.5) is 11.4 Å². The summed E-state index contributed by atoms with van der Waals surface area (Å²) in [6.07, 6.45) is 0. The lowest BCUT2D eigenvalue weighted by Gasteiger charge is -2.24. The fourth-order valence-electron chi connectivity index (χ4n) is 2.82. The lowest BCUT2D eigenvalue weighted by atomic mass is 10.2. The first kappa shape index (κ1) is 22.2. The SMILES string of the molecule is COc1ccc(N(CC(=O)Nc2cc(Cl)ccc2C#N)S(=O)(=O)c2ccccc2)cc1. The zero-order chi connectivity index (χ0) is 22.4. The zero-order valence-corrected chi connectivity index (χ0v) is 18.0. The van der Waals surface area contributed by atoms with Gasteiger partial charge < -0.3 is 10.1 Å². The molecule has 0 saturated heterocycles. The predicted octanol–water partition coefficient (Wildman–Crippen LogP) is 4.05. The van der Waals surface area contributed by atoms with Crippen LogP contribution in [0, 0.1) is 11.3 Å². The van der Waals surface area contributed by atoms with Crippen molar-refractivity contribution >= 4 is 38.9 Å². The molecule has 1 N–H and O–H groups in total. The molecule has 3 aromatic rings. The Hall–Kier alpha value is -3.54. The standard InChI is InChI=1S/C22H18ClN3O4S/c1-30-19-11-9-18(10-12-19)26(31(28,29)20-5-3-2-4-6-20)15-22(27)25-21-13-17(23)8-7-16(21)14-24/h2-13H,15H2,1H3,(H,25,27). The van der Waals surface area contributed by atoms with Crippen LogP contribution in [0.1, 0.15) is 5.56 Å². The van der Waals surface area contributed by atoms with Crippen molar-refractivity contribution in [3.63, 3.8) is 0 Å². The molecule has 1 amide bonds. The van der Waals surface area contributed by atoms with Crippen molar-refractivity contribution in [2.45, 2.75) is 4.90 Å². The normalized spacial score (nSPS) is 10.7. The molecule has 0 unspecified atom stereocenters. The van der Waals surface area contributed by atoms with Crippen molar-refractivity contribution in [2.75, 3.05) is 23.3 Å². The summed E-state index contributed by atoms with van der Waals surface area (Å²) in [4.78, 5) is 12.8. The third-order valence-corrected chi connectivity index (χ3v) is 6.38. The quantitative estimate of drug-likeness (QED) is 0.579. The molecule has 0 saturated carbocycles. The minimum atomic E-state index is -4.04. The van der Waals surface area contributed by atoms with Crippen molar-refractivity contribution in [3.8, 4) is 11.8 Å². The number of hydrogen-bond acceptors (Lipinski definition) is 5. The van der Waals surface area contributed by atoms with Gasteiger partial charge in [-0.25, -0.2) is 8.42 Å². The third kappa shape index (κ3) is 5.15. The van der Waals surface area contributed by atoms with E-state index in [1.54, 1.807) is 42.5 Å². The van der Waals surface area contributed by atoms with Crippen LogP contribution in [-0.2, 0) is 14.8 Å². The highest BCUT2D eigenvalue weighted by Gasteiger charge is 2.27. The Morgan fingerprint density at radius 3 is 2.39 bits per heavy atom. The van der Waals surface area contributed by atoms with E-state index < -0.39 is 22.5 Å². The summed E-state index contributed by atoms with van der Waals surface area (Å²) in [5, 5.41) is 12.2. The molecule has 7 nitrogen and oxygen atoms in total. The van der Waals surface area contributed by atoms with Crippen molar-refractivity contribution in [3.05, 3.63) is 83.4 Å². The van der Waals surface area contributed by atoms with E-state index in [4.69, 9.17) is 16.3 Å². The number of methoxy groups -OCH3 is 1. The summed E-state index contributed by atoms with van der Waals surface area (Å²) < 4.78 is 32.7. The van der Waals surface area contributed by atoms with Gasteiger partial charge in [0.15, 0.2) is 0 Å². The first-order chi connectivity index (χ1) is 14.8. The average Bonchev–Trinajstić information content (AvgIpc) is 2.78. The van der Waals surface area contributed by atoms with E-state index >= 15 is 0 Å². The monoisotopic (exact) mass is 455 g/mol. The van der Waals surface area contributed by atoms with E-state index in [0.29, 0.717) is 10.8 Å². The Morgan fingerprint density at radius 2 is 1.77 bits per heavy atom. The molecule has 0 fully saturated rings. The van der Waals surface area contributed by atoms with Crippen LogP contribution in [0.5, 0.6) is 5.75 Å². The molecule has 3 rings (SSSR count). The van der Waals surface area contributed by atoms with Crippen LogP contribution in [-0.4, -0.2) is 28.0 Å². The fourth-order valence-corrected chi connectivity index (χ4v) is 4.43. The van der Waals surface area contributed by atoms with E-state index in [-0.39, 0.29) is 21.8 Å². The molecule has 0 heterocycles. The maximum atomic E-state index is 13.3. The van der Waals surface area contributed by atoms with E-state index in [1.165, 1.54) is 37.4 Å². The highest BCUT2D eigenvalue weighted by atomic mass is 35.5. The Kier molecular flexibility index (Phi) is 6.80. The van der Waals surface area contributed by atoms with Gasteiger partial charge in [-0.2, -0.15) is 5.26 Å². The third-order valence-electron chi connectivity index (χ3n) is 4.35. The number of carbonyl (C=O) groups is 1. The van der Waals surface area contributed by atoms with Crippen LogP contribution in [0.25, 0.3) is 0 Å². The Labute approximate surface area is 185 Å².